The van der Waals surface area contributed by atoms with Crippen molar-refractivity contribution in [3.05, 3.63) is 47.1 Å². The van der Waals surface area contributed by atoms with E-state index in [2.05, 4.69) is 10.3 Å². The second-order valence-electron chi connectivity index (χ2n) is 4.57. The van der Waals surface area contributed by atoms with Gasteiger partial charge in [0.2, 0.25) is 0 Å². The summed E-state index contributed by atoms with van der Waals surface area (Å²) in [5, 5.41) is 3.32. The van der Waals surface area contributed by atoms with Gasteiger partial charge in [-0.05, 0) is 36.6 Å². The number of nitrogens with zero attached hydrogens (tertiary/aromatic N) is 2. The van der Waals surface area contributed by atoms with Gasteiger partial charge in [-0.1, -0.05) is 0 Å². The van der Waals surface area contributed by atoms with Crippen LogP contribution in [0.15, 0.2) is 30.5 Å². The van der Waals surface area contributed by atoms with Gasteiger partial charge < -0.3 is 9.88 Å². The largest absolute Gasteiger partial charge is 0.330 e. The fraction of sp³-hybridized carbons (Fsp3) is 0.143. The minimum Gasteiger partial charge on any atom is -0.330 e. The number of aryl methyl sites for hydroxylation is 2. The molecule has 0 saturated carbocycles. The summed E-state index contributed by atoms with van der Waals surface area (Å²) in [5.74, 6) is 0.0646. The predicted octanol–water partition coefficient (Wildman–Crippen LogP) is 3.33. The molecule has 0 spiro atoms. The highest BCUT2D eigenvalue weighted by molar-refractivity contribution is 7.17. The summed E-state index contributed by atoms with van der Waals surface area (Å²) >= 11 is 1.09. The van der Waals surface area contributed by atoms with Crippen molar-refractivity contribution in [2.45, 2.75) is 6.92 Å². The summed E-state index contributed by atoms with van der Waals surface area (Å²) in [5.41, 5.74) is 1.41. The molecule has 0 aliphatic heterocycles. The van der Waals surface area contributed by atoms with Gasteiger partial charge in [0.25, 0.3) is 5.91 Å². The van der Waals surface area contributed by atoms with Crippen molar-refractivity contribution in [2.24, 2.45) is 7.05 Å². The minimum atomic E-state index is -0.282. The average molecular weight is 289 g/mol. The number of carbonyl (C=O) groups excluding carboxylic acids is 1. The van der Waals surface area contributed by atoms with Gasteiger partial charge in [0.1, 0.15) is 0 Å². The molecule has 0 radical (unpaired) electrons. The molecule has 4 nitrogen and oxygen atoms in total. The van der Waals surface area contributed by atoms with Gasteiger partial charge in [0.15, 0.2) is 11.0 Å². The van der Waals surface area contributed by atoms with E-state index in [4.69, 9.17) is 0 Å². The Morgan fingerprint density at radius 3 is 2.90 bits per heavy atom. The lowest BCUT2D eigenvalue weighted by Gasteiger charge is -2.05. The fourth-order valence-corrected chi connectivity index (χ4v) is 2.87. The monoisotopic (exact) mass is 289 g/mol. The second-order valence-corrected chi connectivity index (χ2v) is 5.61. The standard InChI is InChI=1S/C14H12FN3OS/c1-8-7-18(2)13(16-8)14(19)17-10-3-4-11-9(5-10)6-12(15)20-11/h3-7H,1-2H3,(H,17,19). The Morgan fingerprint density at radius 1 is 1.40 bits per heavy atom. The molecular formula is C14H12FN3OS. The van der Waals surface area contributed by atoms with E-state index < -0.39 is 0 Å². The number of hydrogen-bond acceptors (Lipinski definition) is 3. The van der Waals surface area contributed by atoms with E-state index in [0.717, 1.165) is 27.1 Å². The van der Waals surface area contributed by atoms with E-state index in [1.54, 1.807) is 36.0 Å². The quantitative estimate of drug-likeness (QED) is 0.786. The van der Waals surface area contributed by atoms with Crippen LogP contribution in [0.1, 0.15) is 16.3 Å². The summed E-state index contributed by atoms with van der Waals surface area (Å²) < 4.78 is 15.7. The van der Waals surface area contributed by atoms with Crippen molar-refractivity contribution in [3.63, 3.8) is 0 Å². The Hall–Kier alpha value is -2.21. The zero-order valence-corrected chi connectivity index (χ0v) is 11.8. The highest BCUT2D eigenvalue weighted by Crippen LogP contribution is 2.27. The molecule has 20 heavy (non-hydrogen) atoms. The highest BCUT2D eigenvalue weighted by atomic mass is 32.1. The zero-order chi connectivity index (χ0) is 14.3. The number of amides is 1. The van der Waals surface area contributed by atoms with Crippen LogP contribution in [0.25, 0.3) is 10.1 Å². The van der Waals surface area contributed by atoms with Crippen LogP contribution < -0.4 is 5.32 Å². The van der Waals surface area contributed by atoms with Crippen LogP contribution in [0.4, 0.5) is 10.1 Å². The average Bonchev–Trinajstić information content (AvgIpc) is 2.90. The number of carbonyl (C=O) groups is 1. The maximum atomic E-state index is 13.2. The fourth-order valence-electron chi connectivity index (χ4n) is 2.10. The SMILES string of the molecule is Cc1cn(C)c(C(=O)Nc2ccc3sc(F)cc3c2)n1. The first-order valence-electron chi connectivity index (χ1n) is 6.03. The lowest BCUT2D eigenvalue weighted by Crippen LogP contribution is -2.16. The number of halogens is 1. The van der Waals surface area contributed by atoms with Gasteiger partial charge in [-0.15, -0.1) is 11.3 Å². The van der Waals surface area contributed by atoms with Crippen molar-refractivity contribution in [3.8, 4) is 0 Å². The Balaban J connectivity index is 1.88. The molecule has 0 unspecified atom stereocenters. The molecule has 102 valence electrons. The van der Waals surface area contributed by atoms with Crippen molar-refractivity contribution < 1.29 is 9.18 Å². The molecule has 0 fully saturated rings. The summed E-state index contributed by atoms with van der Waals surface area (Å²) in [6, 6.07) is 6.76. The first-order chi connectivity index (χ1) is 9.52. The van der Waals surface area contributed by atoms with Gasteiger partial charge >= 0.3 is 0 Å². The minimum absolute atomic E-state index is 0.233. The van der Waals surface area contributed by atoms with Crippen LogP contribution in [0.2, 0.25) is 0 Å². The lowest BCUT2D eigenvalue weighted by atomic mass is 10.2. The van der Waals surface area contributed by atoms with Crippen molar-refractivity contribution >= 4 is 33.0 Å². The lowest BCUT2D eigenvalue weighted by molar-refractivity contribution is 0.101. The Kier molecular flexibility index (Phi) is 3.02. The van der Waals surface area contributed by atoms with Crippen LogP contribution in [-0.2, 0) is 7.05 Å². The van der Waals surface area contributed by atoms with E-state index in [1.807, 2.05) is 6.92 Å². The Bertz CT molecular complexity index is 806. The number of benzene rings is 1. The molecule has 0 atom stereocenters. The molecule has 3 rings (SSSR count). The van der Waals surface area contributed by atoms with Gasteiger partial charge in [-0.2, -0.15) is 4.39 Å². The predicted molar refractivity (Wildman–Crippen MR) is 77.7 cm³/mol. The molecule has 1 N–H and O–H groups in total. The summed E-state index contributed by atoms with van der Waals surface area (Å²) in [7, 11) is 1.77. The smallest absolute Gasteiger partial charge is 0.291 e. The first-order valence-corrected chi connectivity index (χ1v) is 6.85. The van der Waals surface area contributed by atoms with Crippen molar-refractivity contribution in [1.29, 1.82) is 0 Å². The topological polar surface area (TPSA) is 46.9 Å². The number of thiophene rings is 1. The number of nitrogens with one attached hydrogen (secondary N) is 1. The molecule has 0 aliphatic rings. The summed E-state index contributed by atoms with van der Waals surface area (Å²) in [4.78, 5) is 16.3. The molecule has 6 heteroatoms. The third kappa shape index (κ3) is 2.30. The van der Waals surface area contributed by atoms with E-state index in [-0.39, 0.29) is 11.0 Å². The number of fused-ring (bicyclic) bond motifs is 1. The van der Waals surface area contributed by atoms with Crippen LogP contribution >= 0.6 is 11.3 Å². The summed E-state index contributed by atoms with van der Waals surface area (Å²) in [6.07, 6.45) is 1.78. The van der Waals surface area contributed by atoms with Crippen molar-refractivity contribution in [2.75, 3.05) is 5.32 Å². The molecule has 2 aromatic heterocycles. The van der Waals surface area contributed by atoms with Crippen LogP contribution in [0.5, 0.6) is 0 Å². The number of aromatic nitrogens is 2. The van der Waals surface area contributed by atoms with Crippen LogP contribution in [0, 0.1) is 12.1 Å². The van der Waals surface area contributed by atoms with Gasteiger partial charge in [0.05, 0.1) is 5.69 Å². The normalized spacial score (nSPS) is 10.9. The number of anilines is 1. The highest BCUT2D eigenvalue weighted by Gasteiger charge is 2.13. The number of imidazole rings is 1. The second kappa shape index (κ2) is 4.72. The number of hydrogen-bond donors (Lipinski definition) is 1. The van der Waals surface area contributed by atoms with Crippen LogP contribution in [0.3, 0.4) is 0 Å². The molecule has 1 amide bonds. The third-order valence-corrected chi connectivity index (χ3v) is 3.85. The van der Waals surface area contributed by atoms with E-state index in [9.17, 15) is 9.18 Å². The number of rotatable bonds is 2. The van der Waals surface area contributed by atoms with Gasteiger partial charge in [0, 0.05) is 23.6 Å². The molecule has 2 heterocycles. The Morgan fingerprint density at radius 2 is 2.20 bits per heavy atom. The molecule has 0 bridgehead atoms. The van der Waals surface area contributed by atoms with Crippen molar-refractivity contribution in [1.82, 2.24) is 9.55 Å². The third-order valence-electron chi connectivity index (χ3n) is 2.94. The Labute approximate surface area is 118 Å². The zero-order valence-electron chi connectivity index (χ0n) is 11.0. The summed E-state index contributed by atoms with van der Waals surface area (Å²) in [6.45, 7) is 1.83. The molecule has 3 aromatic rings. The maximum absolute atomic E-state index is 13.2. The van der Waals surface area contributed by atoms with Gasteiger partial charge in [-0.3, -0.25) is 4.79 Å². The molecular weight excluding hydrogens is 277 g/mol. The first kappa shape index (κ1) is 12.8. The molecule has 1 aromatic carbocycles. The van der Waals surface area contributed by atoms with Crippen LogP contribution in [-0.4, -0.2) is 15.5 Å². The molecule has 0 aliphatic carbocycles. The maximum Gasteiger partial charge on any atom is 0.291 e. The van der Waals surface area contributed by atoms with E-state index >= 15 is 0 Å². The van der Waals surface area contributed by atoms with E-state index in [1.165, 1.54) is 6.07 Å². The van der Waals surface area contributed by atoms with Gasteiger partial charge in [-0.25, -0.2) is 4.98 Å². The van der Waals surface area contributed by atoms with E-state index in [0.29, 0.717) is 11.5 Å². The molecule has 0 saturated heterocycles.